The third-order valence-corrected chi connectivity index (χ3v) is 7.96. The summed E-state index contributed by atoms with van der Waals surface area (Å²) < 4.78 is 39.8. The average molecular weight is 541 g/mol. The van der Waals surface area contributed by atoms with Crippen molar-refractivity contribution >= 4 is 48.9 Å². The molecule has 0 bridgehead atoms. The molecule has 5 rings (SSSR count). The molecule has 1 aliphatic heterocycles. The number of fused-ring (bicyclic) bond motifs is 2. The van der Waals surface area contributed by atoms with Crippen molar-refractivity contribution in [1.29, 1.82) is 5.41 Å². The maximum atomic E-state index is 11.7. The predicted octanol–water partition coefficient (Wildman–Crippen LogP) is 2.60. The number of imidazole rings is 1. The van der Waals surface area contributed by atoms with Gasteiger partial charge in [-0.05, 0) is 53.2 Å². The first-order chi connectivity index (χ1) is 15.3. The van der Waals surface area contributed by atoms with Crippen LogP contribution in [-0.2, 0) is 16.6 Å². The molecule has 3 aromatic rings. The van der Waals surface area contributed by atoms with Crippen molar-refractivity contribution in [3.63, 3.8) is 0 Å². The number of nitrogens with zero attached hydrogens (tertiary/aromatic N) is 3. The largest absolute Gasteiger partial charge is 0.454 e. The summed E-state index contributed by atoms with van der Waals surface area (Å²) in [5.41, 5.74) is 1.25. The van der Waals surface area contributed by atoms with Gasteiger partial charge in [-0.2, -0.15) is 0 Å². The van der Waals surface area contributed by atoms with Gasteiger partial charge < -0.3 is 19.0 Å². The van der Waals surface area contributed by atoms with Gasteiger partial charge >= 0.3 is 0 Å². The van der Waals surface area contributed by atoms with Crippen LogP contribution in [0.25, 0.3) is 11.2 Å². The van der Waals surface area contributed by atoms with Crippen LogP contribution in [-0.4, -0.2) is 47.0 Å². The van der Waals surface area contributed by atoms with Gasteiger partial charge in [0, 0.05) is 22.0 Å². The molecule has 1 fully saturated rings. The Labute approximate surface area is 196 Å². The number of hydrogen-bond acceptors (Lipinski definition) is 8. The quantitative estimate of drug-likeness (QED) is 0.399. The fourth-order valence-corrected chi connectivity index (χ4v) is 5.94. The van der Waals surface area contributed by atoms with Crippen LogP contribution in [0.5, 0.6) is 11.5 Å². The fourth-order valence-electron chi connectivity index (χ4n) is 3.70. The standard InChI is InChI=1S/C19H21BrN6O4S2/c1-32(27,28)25-12(10-2-3-10)4-5-26-8-22-17(21)16-18(26)24-19(23-16)31-15-7-14-13(6-11(15)20)29-9-30-14/h6-8,10,12,21,25H,2-5,9H2,1H3,(H,23,24). The summed E-state index contributed by atoms with van der Waals surface area (Å²) in [6.45, 7) is 0.737. The highest BCUT2D eigenvalue weighted by atomic mass is 79.9. The van der Waals surface area contributed by atoms with Gasteiger partial charge in [0.2, 0.25) is 16.8 Å². The Hall–Kier alpha value is -2.09. The van der Waals surface area contributed by atoms with Crippen molar-refractivity contribution in [2.45, 2.75) is 41.9 Å². The Balaban J connectivity index is 1.40. The van der Waals surface area contributed by atoms with Crippen LogP contribution in [0, 0.1) is 11.3 Å². The smallest absolute Gasteiger partial charge is 0.231 e. The second-order valence-corrected chi connectivity index (χ2v) is 11.6. The van der Waals surface area contributed by atoms with E-state index >= 15 is 0 Å². The van der Waals surface area contributed by atoms with E-state index < -0.39 is 10.0 Å². The molecular weight excluding hydrogens is 520 g/mol. The van der Waals surface area contributed by atoms with Gasteiger partial charge in [0.25, 0.3) is 0 Å². The number of hydrogen-bond donors (Lipinski definition) is 3. The monoisotopic (exact) mass is 540 g/mol. The minimum absolute atomic E-state index is 0.105. The van der Waals surface area contributed by atoms with E-state index in [1.807, 2.05) is 16.7 Å². The third kappa shape index (κ3) is 4.65. The summed E-state index contributed by atoms with van der Waals surface area (Å²) in [7, 11) is -3.27. The molecule has 1 saturated carbocycles. The van der Waals surface area contributed by atoms with Gasteiger partial charge in [-0.1, -0.05) is 11.8 Å². The van der Waals surface area contributed by atoms with Gasteiger partial charge in [-0.25, -0.2) is 23.1 Å². The number of aryl methyl sites for hydroxylation is 1. The van der Waals surface area contributed by atoms with Gasteiger partial charge in [-0.3, -0.25) is 5.41 Å². The van der Waals surface area contributed by atoms with E-state index in [-0.39, 0.29) is 18.3 Å². The van der Waals surface area contributed by atoms with Gasteiger partial charge in [-0.15, -0.1) is 0 Å². The van der Waals surface area contributed by atoms with Crippen molar-refractivity contribution in [2.24, 2.45) is 5.92 Å². The van der Waals surface area contributed by atoms with E-state index in [0.29, 0.717) is 46.7 Å². The molecule has 1 aromatic carbocycles. The first kappa shape index (κ1) is 21.7. The lowest BCUT2D eigenvalue weighted by Crippen LogP contribution is -2.36. The molecule has 13 heteroatoms. The summed E-state index contributed by atoms with van der Waals surface area (Å²) >= 11 is 4.96. The number of H-pyrrole nitrogens is 1. The zero-order chi connectivity index (χ0) is 22.5. The first-order valence-electron chi connectivity index (χ1n) is 10.0. The van der Waals surface area contributed by atoms with Crippen molar-refractivity contribution in [3.8, 4) is 11.5 Å². The zero-order valence-electron chi connectivity index (χ0n) is 17.1. The predicted molar refractivity (Wildman–Crippen MR) is 121 cm³/mol. The number of ether oxygens (including phenoxy) is 2. The molecule has 0 amide bonds. The number of rotatable bonds is 8. The average Bonchev–Trinajstić information content (AvgIpc) is 3.33. The van der Waals surface area contributed by atoms with Gasteiger partial charge in [0.1, 0.15) is 5.52 Å². The van der Waals surface area contributed by atoms with E-state index in [4.69, 9.17) is 19.9 Å². The van der Waals surface area contributed by atoms with Gasteiger partial charge in [0.05, 0.1) is 12.6 Å². The SMILES string of the molecule is CS(=O)(=O)NC(CCn1cnc(=N)c2[nH]c(Sc3cc4c(cc3Br)OCO4)nc21)C1CC1. The lowest BCUT2D eigenvalue weighted by Gasteiger charge is -2.17. The van der Waals surface area contributed by atoms with Crippen LogP contribution in [0.3, 0.4) is 0 Å². The lowest BCUT2D eigenvalue weighted by molar-refractivity contribution is 0.174. The first-order valence-corrected chi connectivity index (χ1v) is 13.5. The Kier molecular flexibility index (Phi) is 5.68. The fraction of sp³-hybridized carbons (Fsp3) is 0.421. The molecule has 0 spiro atoms. The Morgan fingerprint density at radius 1 is 1.38 bits per heavy atom. The summed E-state index contributed by atoms with van der Waals surface area (Å²) in [4.78, 5) is 12.9. The number of benzene rings is 1. The van der Waals surface area contributed by atoms with E-state index in [1.165, 1.54) is 18.0 Å². The molecule has 2 aliphatic rings. The summed E-state index contributed by atoms with van der Waals surface area (Å²) in [5.74, 6) is 1.74. The van der Waals surface area contributed by atoms with Crippen molar-refractivity contribution < 1.29 is 17.9 Å². The Morgan fingerprint density at radius 3 is 2.84 bits per heavy atom. The van der Waals surface area contributed by atoms with Gasteiger partial charge in [0.15, 0.2) is 27.8 Å². The lowest BCUT2D eigenvalue weighted by atomic mass is 10.1. The minimum Gasteiger partial charge on any atom is -0.454 e. The minimum atomic E-state index is -3.27. The maximum absolute atomic E-state index is 11.7. The molecule has 1 unspecified atom stereocenters. The number of aromatic amines is 1. The Bertz CT molecular complexity index is 1350. The molecule has 3 heterocycles. The van der Waals surface area contributed by atoms with E-state index in [1.54, 1.807) is 6.33 Å². The molecule has 1 atom stereocenters. The molecule has 0 saturated heterocycles. The van der Waals surface area contributed by atoms with Crippen molar-refractivity contribution in [2.75, 3.05) is 13.0 Å². The van der Waals surface area contributed by atoms with Crippen molar-refractivity contribution in [1.82, 2.24) is 24.2 Å². The highest BCUT2D eigenvalue weighted by molar-refractivity contribution is 9.10. The summed E-state index contributed by atoms with van der Waals surface area (Å²) in [6.07, 6.45) is 5.46. The Morgan fingerprint density at radius 2 is 2.12 bits per heavy atom. The highest BCUT2D eigenvalue weighted by Crippen LogP contribution is 2.42. The van der Waals surface area contributed by atoms with Crippen LogP contribution >= 0.6 is 27.7 Å². The molecule has 1 aliphatic carbocycles. The van der Waals surface area contributed by atoms with E-state index in [9.17, 15) is 8.42 Å². The third-order valence-electron chi connectivity index (χ3n) is 5.37. The zero-order valence-corrected chi connectivity index (χ0v) is 20.3. The van der Waals surface area contributed by atoms with E-state index in [0.717, 1.165) is 22.2 Å². The second kappa shape index (κ2) is 8.36. The van der Waals surface area contributed by atoms with Crippen LogP contribution in [0.1, 0.15) is 19.3 Å². The number of aromatic nitrogens is 4. The summed E-state index contributed by atoms with van der Waals surface area (Å²) in [6, 6.07) is 3.63. The molecule has 0 radical (unpaired) electrons. The summed E-state index contributed by atoms with van der Waals surface area (Å²) in [5, 5.41) is 8.78. The molecule has 2 aromatic heterocycles. The number of halogens is 1. The maximum Gasteiger partial charge on any atom is 0.231 e. The molecular formula is C19H21BrN6O4S2. The molecule has 170 valence electrons. The van der Waals surface area contributed by atoms with Crippen LogP contribution < -0.4 is 19.7 Å². The van der Waals surface area contributed by atoms with Crippen LogP contribution in [0.4, 0.5) is 0 Å². The number of nitrogens with one attached hydrogen (secondary N) is 3. The topological polar surface area (TPSA) is 135 Å². The van der Waals surface area contributed by atoms with E-state index in [2.05, 4.69) is 30.6 Å². The van der Waals surface area contributed by atoms with Crippen LogP contribution in [0.15, 0.2) is 33.0 Å². The normalized spacial score (nSPS) is 16.6. The van der Waals surface area contributed by atoms with Crippen molar-refractivity contribution in [3.05, 3.63) is 28.4 Å². The second-order valence-electron chi connectivity index (χ2n) is 7.89. The van der Waals surface area contributed by atoms with Crippen LogP contribution in [0.2, 0.25) is 0 Å². The highest BCUT2D eigenvalue weighted by Gasteiger charge is 2.32. The molecule has 32 heavy (non-hydrogen) atoms. The molecule has 10 nitrogen and oxygen atoms in total. The molecule has 3 N–H and O–H groups in total. The number of sulfonamides is 1.